The van der Waals surface area contributed by atoms with Crippen LogP contribution in [0.15, 0.2) is 48.7 Å². The molecule has 9 nitrogen and oxygen atoms in total. The van der Waals surface area contributed by atoms with E-state index in [2.05, 4.69) is 36.5 Å². The van der Waals surface area contributed by atoms with E-state index in [0.29, 0.717) is 5.82 Å². The SMILES string of the molecule is CC(NC(=O)NCCNc1ccc(C(F)(F)F)cn1)c1nnnn1-c1ccccc1. The second kappa shape index (κ2) is 9.20. The van der Waals surface area contributed by atoms with E-state index < -0.39 is 23.8 Å². The number of tetrazole rings is 1. The van der Waals surface area contributed by atoms with E-state index in [1.807, 2.05) is 30.3 Å². The van der Waals surface area contributed by atoms with E-state index in [-0.39, 0.29) is 18.9 Å². The molecule has 0 fully saturated rings. The number of alkyl halides is 3. The Morgan fingerprint density at radius 1 is 1.13 bits per heavy atom. The second-order valence-electron chi connectivity index (χ2n) is 6.26. The summed E-state index contributed by atoms with van der Waals surface area (Å²) in [5, 5.41) is 19.8. The van der Waals surface area contributed by atoms with Gasteiger partial charge in [0, 0.05) is 19.3 Å². The van der Waals surface area contributed by atoms with E-state index in [4.69, 9.17) is 0 Å². The van der Waals surface area contributed by atoms with Crippen molar-refractivity contribution in [3.63, 3.8) is 0 Å². The molecule has 0 saturated carbocycles. The monoisotopic (exact) mass is 420 g/mol. The van der Waals surface area contributed by atoms with Crippen LogP contribution in [0.4, 0.5) is 23.8 Å². The molecule has 1 aromatic carbocycles. The zero-order valence-corrected chi connectivity index (χ0v) is 15.9. The van der Waals surface area contributed by atoms with Crippen molar-refractivity contribution in [2.75, 3.05) is 18.4 Å². The topological polar surface area (TPSA) is 110 Å². The lowest BCUT2D eigenvalue weighted by molar-refractivity contribution is -0.137. The summed E-state index contributed by atoms with van der Waals surface area (Å²) in [6, 6.07) is 10.5. The number of anilines is 1. The summed E-state index contributed by atoms with van der Waals surface area (Å²) in [6.07, 6.45) is -3.68. The van der Waals surface area contributed by atoms with Crippen LogP contribution in [0.3, 0.4) is 0 Å². The molecule has 0 saturated heterocycles. The Morgan fingerprint density at radius 3 is 2.57 bits per heavy atom. The maximum atomic E-state index is 12.5. The van der Waals surface area contributed by atoms with Gasteiger partial charge in [0.05, 0.1) is 17.3 Å². The summed E-state index contributed by atoms with van der Waals surface area (Å²) >= 11 is 0. The van der Waals surface area contributed by atoms with Crippen molar-refractivity contribution in [2.45, 2.75) is 19.1 Å². The number of nitrogens with zero attached hydrogens (tertiary/aromatic N) is 5. The van der Waals surface area contributed by atoms with Crippen LogP contribution in [-0.4, -0.2) is 44.3 Å². The number of rotatable bonds is 7. The molecule has 2 amide bonds. The third-order valence-corrected chi connectivity index (χ3v) is 4.04. The molecule has 2 aromatic heterocycles. The average Bonchev–Trinajstić information content (AvgIpc) is 3.22. The zero-order valence-electron chi connectivity index (χ0n) is 15.9. The normalized spacial score (nSPS) is 12.3. The van der Waals surface area contributed by atoms with Crippen molar-refractivity contribution in [2.24, 2.45) is 0 Å². The highest BCUT2D eigenvalue weighted by Crippen LogP contribution is 2.28. The minimum absolute atomic E-state index is 0.227. The fourth-order valence-electron chi connectivity index (χ4n) is 2.56. The number of amides is 2. The van der Waals surface area contributed by atoms with Crippen LogP contribution in [0.1, 0.15) is 24.4 Å². The standard InChI is InChI=1S/C18H19F3N8O/c1-12(16-26-27-28-29(16)14-5-3-2-4-6-14)25-17(30)23-10-9-22-15-8-7-13(11-24-15)18(19,20)21/h2-8,11-12H,9-10H2,1H3,(H,22,24)(H2,23,25,30). The van der Waals surface area contributed by atoms with E-state index in [1.54, 1.807) is 6.92 Å². The molecule has 12 heteroatoms. The van der Waals surface area contributed by atoms with Gasteiger partial charge in [0.2, 0.25) is 0 Å². The first-order chi connectivity index (χ1) is 14.3. The first-order valence-electron chi connectivity index (χ1n) is 9.00. The van der Waals surface area contributed by atoms with Gasteiger partial charge in [0.15, 0.2) is 5.82 Å². The molecular weight excluding hydrogens is 401 g/mol. The van der Waals surface area contributed by atoms with Gasteiger partial charge in [-0.3, -0.25) is 0 Å². The van der Waals surface area contributed by atoms with Crippen LogP contribution in [0.2, 0.25) is 0 Å². The van der Waals surface area contributed by atoms with E-state index in [9.17, 15) is 18.0 Å². The van der Waals surface area contributed by atoms with E-state index in [0.717, 1.165) is 18.0 Å². The number of pyridine rings is 1. The average molecular weight is 420 g/mol. The third-order valence-electron chi connectivity index (χ3n) is 4.04. The number of para-hydroxylation sites is 1. The molecule has 0 aliphatic heterocycles. The lowest BCUT2D eigenvalue weighted by Gasteiger charge is -2.14. The van der Waals surface area contributed by atoms with Crippen LogP contribution in [-0.2, 0) is 6.18 Å². The molecule has 1 atom stereocenters. The number of carbonyl (C=O) groups is 1. The molecule has 3 rings (SSSR count). The molecular formula is C18H19F3N8O. The number of hydrogen-bond acceptors (Lipinski definition) is 6. The van der Waals surface area contributed by atoms with Gasteiger partial charge in [0.25, 0.3) is 0 Å². The van der Waals surface area contributed by atoms with Gasteiger partial charge in [-0.15, -0.1) is 5.10 Å². The number of aromatic nitrogens is 5. The molecule has 0 spiro atoms. The van der Waals surface area contributed by atoms with Crippen molar-refractivity contribution < 1.29 is 18.0 Å². The predicted octanol–water partition coefficient (Wildman–Crippen LogP) is 2.55. The number of urea groups is 1. The molecule has 30 heavy (non-hydrogen) atoms. The largest absolute Gasteiger partial charge is 0.417 e. The number of carbonyl (C=O) groups excluding carboxylic acids is 1. The van der Waals surface area contributed by atoms with Gasteiger partial charge in [0.1, 0.15) is 5.82 Å². The second-order valence-corrected chi connectivity index (χ2v) is 6.26. The summed E-state index contributed by atoms with van der Waals surface area (Å²) in [5.74, 6) is 0.740. The summed E-state index contributed by atoms with van der Waals surface area (Å²) in [7, 11) is 0. The van der Waals surface area contributed by atoms with Crippen LogP contribution >= 0.6 is 0 Å². The van der Waals surface area contributed by atoms with Crippen molar-refractivity contribution in [3.05, 3.63) is 60.0 Å². The molecule has 2 heterocycles. The predicted molar refractivity (Wildman–Crippen MR) is 102 cm³/mol. The molecule has 0 radical (unpaired) electrons. The summed E-state index contributed by atoms with van der Waals surface area (Å²) < 4.78 is 39.1. The number of benzene rings is 1. The fraction of sp³-hybridized carbons (Fsp3) is 0.278. The van der Waals surface area contributed by atoms with Crippen LogP contribution in [0.25, 0.3) is 5.69 Å². The van der Waals surface area contributed by atoms with Gasteiger partial charge in [-0.25, -0.2) is 9.78 Å². The summed E-state index contributed by atoms with van der Waals surface area (Å²) in [6.45, 7) is 2.25. The molecule has 3 aromatic rings. The van der Waals surface area contributed by atoms with Crippen molar-refractivity contribution in [3.8, 4) is 5.69 Å². The summed E-state index contributed by atoms with van der Waals surface area (Å²) in [4.78, 5) is 15.8. The highest BCUT2D eigenvalue weighted by atomic mass is 19.4. The Hall–Kier alpha value is -3.70. The number of hydrogen-bond donors (Lipinski definition) is 3. The van der Waals surface area contributed by atoms with Gasteiger partial charge >= 0.3 is 12.2 Å². The minimum Gasteiger partial charge on any atom is -0.368 e. The van der Waals surface area contributed by atoms with Gasteiger partial charge in [-0.1, -0.05) is 18.2 Å². The molecule has 158 valence electrons. The Balaban J connectivity index is 1.45. The lowest BCUT2D eigenvalue weighted by atomic mass is 10.3. The first-order valence-corrected chi connectivity index (χ1v) is 9.00. The minimum atomic E-state index is -4.43. The van der Waals surface area contributed by atoms with Crippen molar-refractivity contribution in [1.29, 1.82) is 0 Å². The maximum absolute atomic E-state index is 12.5. The Morgan fingerprint density at radius 2 is 1.90 bits per heavy atom. The molecule has 0 bridgehead atoms. The summed E-state index contributed by atoms with van der Waals surface area (Å²) in [5.41, 5.74) is -0.0582. The first kappa shape index (κ1) is 21.0. The van der Waals surface area contributed by atoms with Crippen molar-refractivity contribution >= 4 is 11.8 Å². The molecule has 3 N–H and O–H groups in total. The number of halogens is 3. The highest BCUT2D eigenvalue weighted by Gasteiger charge is 2.30. The highest BCUT2D eigenvalue weighted by molar-refractivity contribution is 5.74. The third kappa shape index (κ3) is 5.43. The molecule has 0 aliphatic carbocycles. The van der Waals surface area contributed by atoms with Crippen LogP contribution in [0.5, 0.6) is 0 Å². The van der Waals surface area contributed by atoms with Gasteiger partial charge in [-0.05, 0) is 41.6 Å². The zero-order chi connectivity index (χ0) is 21.6. The number of nitrogens with one attached hydrogen (secondary N) is 3. The van der Waals surface area contributed by atoms with Gasteiger partial charge in [-0.2, -0.15) is 17.9 Å². The van der Waals surface area contributed by atoms with Crippen molar-refractivity contribution in [1.82, 2.24) is 35.8 Å². The molecule has 1 unspecified atom stereocenters. The fourth-order valence-corrected chi connectivity index (χ4v) is 2.56. The quantitative estimate of drug-likeness (QED) is 0.507. The Labute approximate surface area is 169 Å². The van der Waals surface area contributed by atoms with E-state index in [1.165, 1.54) is 10.7 Å². The maximum Gasteiger partial charge on any atom is 0.417 e. The van der Waals surface area contributed by atoms with Gasteiger partial charge < -0.3 is 16.0 Å². The smallest absolute Gasteiger partial charge is 0.368 e. The Kier molecular flexibility index (Phi) is 6.45. The van der Waals surface area contributed by atoms with E-state index >= 15 is 0 Å². The molecule has 0 aliphatic rings. The lowest BCUT2D eigenvalue weighted by Crippen LogP contribution is -2.39. The Bertz CT molecular complexity index is 960. The van der Waals surface area contributed by atoms with Crippen LogP contribution in [0, 0.1) is 0 Å². The van der Waals surface area contributed by atoms with Crippen LogP contribution < -0.4 is 16.0 Å².